The lowest BCUT2D eigenvalue weighted by atomic mass is 9.76. The highest BCUT2D eigenvalue weighted by Crippen LogP contribution is 2.42. The summed E-state index contributed by atoms with van der Waals surface area (Å²) in [6, 6.07) is 34.8. The zero-order chi connectivity index (χ0) is 70.4. The second kappa shape index (κ2) is 32.3. The van der Waals surface area contributed by atoms with Gasteiger partial charge in [0.1, 0.15) is 91.2 Å². The number of carbonyl (C=O) groups excluding carboxylic acids is 1. The van der Waals surface area contributed by atoms with Gasteiger partial charge >= 0.3 is 13.7 Å². The summed E-state index contributed by atoms with van der Waals surface area (Å²) in [5, 5.41) is 109. The number of aliphatic hydroxyl groups excluding tert-OH is 10. The summed E-state index contributed by atoms with van der Waals surface area (Å²) in [5.74, 6) is 1.16. The van der Waals surface area contributed by atoms with Gasteiger partial charge in [0.25, 0.3) is 0 Å². The normalized spacial score (nSPS) is 26.5. The predicted molar refractivity (Wildman–Crippen MR) is 369 cm³/mol. The van der Waals surface area contributed by atoms with Crippen LogP contribution in [-0.2, 0) is 44.9 Å². The molecule has 97 heavy (non-hydrogen) atoms. The van der Waals surface area contributed by atoms with Crippen LogP contribution in [0.15, 0.2) is 133 Å². The lowest BCUT2D eigenvalue weighted by Gasteiger charge is -2.46. The van der Waals surface area contributed by atoms with Crippen molar-refractivity contribution in [1.82, 2.24) is 28.7 Å². The number of hydrogen-bond acceptors (Lipinski definition) is 20. The first kappa shape index (κ1) is 74.2. The van der Waals surface area contributed by atoms with Crippen LogP contribution < -0.4 is 4.65 Å². The number of hydrogen-bond donors (Lipinski definition) is 11. The Hall–Kier alpha value is -7.02. The van der Waals surface area contributed by atoms with Crippen LogP contribution in [0.4, 0.5) is 0 Å². The van der Waals surface area contributed by atoms with Crippen LogP contribution in [0.2, 0.25) is 0 Å². The molecule has 25 heteroatoms. The summed E-state index contributed by atoms with van der Waals surface area (Å²) >= 11 is 3.52. The molecule has 0 amide bonds. The van der Waals surface area contributed by atoms with Crippen LogP contribution in [0.3, 0.4) is 0 Å². The number of esters is 1. The summed E-state index contributed by atoms with van der Waals surface area (Å²) in [5.41, 5.74) is 14.7. The van der Waals surface area contributed by atoms with Gasteiger partial charge in [0.05, 0.1) is 71.4 Å². The lowest BCUT2D eigenvalue weighted by molar-refractivity contribution is -0.250. The molecule has 9 aromatic rings. The van der Waals surface area contributed by atoms with Crippen molar-refractivity contribution >= 4 is 62.7 Å². The molecule has 3 saturated heterocycles. The second-order valence-corrected chi connectivity index (χ2v) is 26.5. The molecule has 12 rings (SSSR count). The van der Waals surface area contributed by atoms with Gasteiger partial charge in [0.15, 0.2) is 0 Å². The first-order valence-corrected chi connectivity index (χ1v) is 33.1. The summed E-state index contributed by atoms with van der Waals surface area (Å²) in [6.07, 6.45) is -9.84. The van der Waals surface area contributed by atoms with Crippen molar-refractivity contribution < 1.29 is 84.5 Å². The molecule has 23 nitrogen and oxygen atoms in total. The van der Waals surface area contributed by atoms with E-state index >= 15 is 0 Å². The van der Waals surface area contributed by atoms with E-state index in [4.69, 9.17) is 28.6 Å². The molecule has 0 aliphatic carbocycles. The molecule has 0 bridgehead atoms. The number of aryl methyl sites for hydroxylation is 6. The molecule has 6 heterocycles. The van der Waals surface area contributed by atoms with E-state index in [0.717, 1.165) is 77.4 Å². The number of fused-ring (bicyclic) bond motifs is 3. The van der Waals surface area contributed by atoms with E-state index in [1.165, 1.54) is 18.1 Å². The zero-order valence-corrected chi connectivity index (χ0v) is 57.7. The Morgan fingerprint density at radius 1 is 0.546 bits per heavy atom. The molecule has 18 atom stereocenters. The maximum atomic E-state index is 11.6. The standard InChI is InChI=1S/2C22H26N2O6.C20H29BrO3.C8H8BN2O2/c2*1-11-7-12(13-4-6-15-16(8-13)24(2)10-23-15)3-5-14(11)18(26)22-21(29)20(28)19(27)17(9-25)30-22;1-7-18-12(3)13(4)19(23-15(6)22)20(24-18)14(5)17-9-8-16(21)10-11(17)2;1-11-5-10-7-3-2-6(13-9-12)4-8(7)11/h2*3-8,10,17-22,25-29H,9H2,1-2H3;8-10,12-14,18-20H,7H2,1-6H3;2-5,12H,1H3/t2*17?,18-,19-,20+,21?,22-;12-,13-,14+,18?,19?,20+;/m110./s1. The first-order chi connectivity index (χ1) is 46.2. The zero-order valence-electron chi connectivity index (χ0n) is 56.1. The molecule has 519 valence electrons. The van der Waals surface area contributed by atoms with E-state index in [2.05, 4.69) is 83.7 Å². The number of aromatic nitrogens is 6. The number of aliphatic hydroxyl groups is 10. The smallest absolute Gasteiger partial charge is 0.537 e. The third kappa shape index (κ3) is 16.3. The SMILES string of the molecule is CCC1O[C@H]([C@H](C)c2ccc(Br)cc2C)C(OC(C)=O)[C@@H](C)[C@@H]1C.Cc1cc(-c2ccc3ncn(C)c3c2)ccc1[C@@H](O)[C@H]1OC(CO)[C@@H](O)[C@H](O)C1O.Cc1cc(-c2ccc3ncn(C)c3c2)ccc1[C@@H](O)[C@H]1OC(CO)[C@@H](O)[C@H](O)C1O.Cn1cnc2ccc(O[B]O)cc21. The van der Waals surface area contributed by atoms with Crippen LogP contribution in [-0.4, -0.2) is 191 Å². The molecular weight excluding hydrogens is 1310 g/mol. The quantitative estimate of drug-likeness (QED) is 0.0405. The Balaban J connectivity index is 0.000000157. The van der Waals surface area contributed by atoms with E-state index in [-0.39, 0.29) is 36.1 Å². The average molecular weight is 1400 g/mol. The van der Waals surface area contributed by atoms with Crippen molar-refractivity contribution in [3.63, 3.8) is 0 Å². The molecular formula is C72H89BBrN6O17. The van der Waals surface area contributed by atoms with Crippen LogP contribution >= 0.6 is 15.9 Å². The largest absolute Gasteiger partial charge is 0.569 e. The van der Waals surface area contributed by atoms with E-state index < -0.39 is 86.5 Å². The van der Waals surface area contributed by atoms with E-state index in [9.17, 15) is 55.9 Å². The Morgan fingerprint density at radius 3 is 1.36 bits per heavy atom. The van der Waals surface area contributed by atoms with Gasteiger partial charge in [-0.1, -0.05) is 98.2 Å². The van der Waals surface area contributed by atoms with Crippen molar-refractivity contribution in [3.8, 4) is 28.0 Å². The number of carbonyl (C=O) groups is 1. The minimum absolute atomic E-state index is 0.120. The highest BCUT2D eigenvalue weighted by atomic mass is 79.9. The maximum Gasteiger partial charge on any atom is 0.569 e. The van der Waals surface area contributed by atoms with Crippen molar-refractivity contribution in [2.45, 2.75) is 159 Å². The van der Waals surface area contributed by atoms with Gasteiger partial charge in [0.2, 0.25) is 0 Å². The fourth-order valence-corrected chi connectivity index (χ4v) is 13.7. The molecule has 11 N–H and O–H groups in total. The lowest BCUT2D eigenvalue weighted by Crippen LogP contribution is -2.59. The van der Waals surface area contributed by atoms with Crippen molar-refractivity contribution in [2.75, 3.05) is 13.2 Å². The summed E-state index contributed by atoms with van der Waals surface area (Å²) in [7, 11) is 6.44. The number of halogens is 1. The molecule has 3 fully saturated rings. The van der Waals surface area contributed by atoms with Gasteiger partial charge in [0, 0.05) is 50.4 Å². The molecule has 6 unspecified atom stereocenters. The average Bonchev–Trinajstić information content (AvgIpc) is 1.64. The van der Waals surface area contributed by atoms with Gasteiger partial charge in [-0.15, -0.1) is 0 Å². The Bertz CT molecular complexity index is 3960. The van der Waals surface area contributed by atoms with E-state index in [1.807, 2.05) is 121 Å². The first-order valence-electron chi connectivity index (χ1n) is 32.3. The number of rotatable bonds is 14. The topological polar surface area (TPSA) is 339 Å². The number of imidazole rings is 3. The Morgan fingerprint density at radius 2 is 0.948 bits per heavy atom. The van der Waals surface area contributed by atoms with Crippen molar-refractivity contribution in [3.05, 3.63) is 166 Å². The number of ether oxygens (including phenoxy) is 4. The highest BCUT2D eigenvalue weighted by molar-refractivity contribution is 9.10. The molecule has 3 aliphatic heterocycles. The van der Waals surface area contributed by atoms with Crippen LogP contribution in [0.5, 0.6) is 5.75 Å². The van der Waals surface area contributed by atoms with Crippen LogP contribution in [0, 0.1) is 32.6 Å². The minimum atomic E-state index is -1.53. The van der Waals surface area contributed by atoms with Crippen molar-refractivity contribution in [1.29, 1.82) is 0 Å². The van der Waals surface area contributed by atoms with Crippen molar-refractivity contribution in [2.24, 2.45) is 33.0 Å². The molecule has 3 aliphatic rings. The third-order valence-corrected chi connectivity index (χ3v) is 19.7. The van der Waals surface area contributed by atoms with Gasteiger partial charge < -0.3 is 93.4 Å². The molecule has 3 aromatic heterocycles. The third-order valence-electron chi connectivity index (χ3n) is 19.2. The summed E-state index contributed by atoms with van der Waals surface area (Å²) in [6.45, 7) is 14.9. The summed E-state index contributed by atoms with van der Waals surface area (Å²) in [4.78, 5) is 24.5. The molecule has 6 aromatic carbocycles. The Kier molecular flexibility index (Phi) is 24.7. The minimum Gasteiger partial charge on any atom is -0.537 e. The van der Waals surface area contributed by atoms with Gasteiger partial charge in [-0.05, 0) is 137 Å². The maximum absolute atomic E-state index is 11.6. The second-order valence-electron chi connectivity index (χ2n) is 25.6. The van der Waals surface area contributed by atoms with E-state index in [0.29, 0.717) is 30.5 Å². The number of nitrogens with zero attached hydrogens (tertiary/aromatic N) is 6. The van der Waals surface area contributed by atoms with E-state index in [1.54, 1.807) is 37.2 Å². The molecule has 1 radical (unpaired) electrons. The fourth-order valence-electron chi connectivity index (χ4n) is 13.3. The van der Waals surface area contributed by atoms with Crippen LogP contribution in [0.25, 0.3) is 55.4 Å². The monoisotopic (exact) mass is 1400 g/mol. The fraction of sp³-hybridized carbons (Fsp3) is 0.444. The van der Waals surface area contributed by atoms with Gasteiger partial charge in [-0.2, -0.15) is 0 Å². The number of benzene rings is 6. The predicted octanol–water partition coefficient (Wildman–Crippen LogP) is 6.57. The Labute approximate surface area is 572 Å². The molecule has 0 spiro atoms. The van der Waals surface area contributed by atoms with Gasteiger partial charge in [-0.25, -0.2) is 15.0 Å². The van der Waals surface area contributed by atoms with Gasteiger partial charge in [-0.3, -0.25) is 4.79 Å². The van der Waals surface area contributed by atoms with Crippen LogP contribution in [0.1, 0.15) is 92.5 Å². The highest BCUT2D eigenvalue weighted by Gasteiger charge is 2.49. The molecule has 0 saturated carbocycles. The summed E-state index contributed by atoms with van der Waals surface area (Å²) < 4.78 is 34.8.